The average molecular weight is 270 g/mol. The van der Waals surface area contributed by atoms with Gasteiger partial charge in [0.05, 0.1) is 12.1 Å². The van der Waals surface area contributed by atoms with Crippen LogP contribution in [0.2, 0.25) is 0 Å². The fraction of sp³-hybridized carbons (Fsp3) is 0.929. The van der Waals surface area contributed by atoms with Crippen LogP contribution in [0.3, 0.4) is 0 Å². The average Bonchev–Trinajstić information content (AvgIpc) is 2.82. The highest BCUT2D eigenvalue weighted by Crippen LogP contribution is 2.39. The highest BCUT2D eigenvalue weighted by Gasteiger charge is 2.43. The van der Waals surface area contributed by atoms with Gasteiger partial charge in [-0.15, -0.1) is 0 Å². The smallest absolute Gasteiger partial charge is 0.408 e. The Morgan fingerprint density at radius 3 is 2.47 bits per heavy atom. The lowest BCUT2D eigenvalue weighted by molar-refractivity contribution is 0.0429. The van der Waals surface area contributed by atoms with E-state index in [2.05, 4.69) is 5.32 Å². The van der Waals surface area contributed by atoms with Gasteiger partial charge >= 0.3 is 6.09 Å². The summed E-state index contributed by atoms with van der Waals surface area (Å²) in [6.45, 7) is 6.84. The lowest BCUT2D eigenvalue weighted by Gasteiger charge is -2.31. The van der Waals surface area contributed by atoms with Crippen LogP contribution in [0, 0.1) is 0 Å². The number of carbonyl (C=O) groups excluding carboxylic acids is 1. The maximum atomic E-state index is 11.9. The van der Waals surface area contributed by atoms with Gasteiger partial charge in [-0.3, -0.25) is 0 Å². The lowest BCUT2D eigenvalue weighted by Crippen LogP contribution is -2.51. The Morgan fingerprint density at radius 1 is 1.32 bits per heavy atom. The Hall–Kier alpha value is -0.810. The first-order chi connectivity index (χ1) is 8.72. The number of carbonyl (C=O) groups is 1. The van der Waals surface area contributed by atoms with Crippen LogP contribution in [0.5, 0.6) is 0 Å². The number of hydrogen-bond acceptors (Lipinski definition) is 4. The van der Waals surface area contributed by atoms with Crippen molar-refractivity contribution in [1.82, 2.24) is 5.32 Å². The van der Waals surface area contributed by atoms with E-state index in [0.717, 1.165) is 32.1 Å². The van der Waals surface area contributed by atoms with Crippen LogP contribution < -0.4 is 11.1 Å². The van der Waals surface area contributed by atoms with Crippen molar-refractivity contribution in [2.75, 3.05) is 13.2 Å². The maximum absolute atomic E-state index is 11.9. The molecule has 1 saturated carbocycles. The van der Waals surface area contributed by atoms with Crippen LogP contribution in [0.15, 0.2) is 0 Å². The summed E-state index contributed by atoms with van der Waals surface area (Å²) in [5.74, 6) is 0. The molecule has 0 bridgehead atoms. The van der Waals surface area contributed by atoms with Gasteiger partial charge in [-0.25, -0.2) is 4.79 Å². The summed E-state index contributed by atoms with van der Waals surface area (Å²) in [7, 11) is 0. The Balaban J connectivity index is 1.89. The summed E-state index contributed by atoms with van der Waals surface area (Å²) >= 11 is 0. The molecule has 5 nitrogen and oxygen atoms in total. The van der Waals surface area contributed by atoms with E-state index in [4.69, 9.17) is 15.2 Å². The van der Waals surface area contributed by atoms with Gasteiger partial charge in [0.1, 0.15) is 5.60 Å². The van der Waals surface area contributed by atoms with Crippen LogP contribution in [-0.4, -0.2) is 36.0 Å². The fourth-order valence-corrected chi connectivity index (χ4v) is 2.38. The van der Waals surface area contributed by atoms with Gasteiger partial charge < -0.3 is 20.5 Å². The highest BCUT2D eigenvalue weighted by atomic mass is 16.6. The van der Waals surface area contributed by atoms with Crippen molar-refractivity contribution in [2.45, 2.75) is 69.6 Å². The first-order valence-corrected chi connectivity index (χ1v) is 7.10. The van der Waals surface area contributed by atoms with Crippen molar-refractivity contribution in [3.63, 3.8) is 0 Å². The molecule has 2 aliphatic rings. The van der Waals surface area contributed by atoms with Crippen molar-refractivity contribution >= 4 is 6.09 Å². The summed E-state index contributed by atoms with van der Waals surface area (Å²) in [6.07, 6.45) is 4.46. The molecule has 1 unspecified atom stereocenters. The van der Waals surface area contributed by atoms with E-state index < -0.39 is 5.60 Å². The first kappa shape index (κ1) is 14.6. The van der Waals surface area contributed by atoms with E-state index in [9.17, 15) is 4.79 Å². The first-order valence-electron chi connectivity index (χ1n) is 7.10. The summed E-state index contributed by atoms with van der Waals surface area (Å²) in [4.78, 5) is 11.9. The maximum Gasteiger partial charge on any atom is 0.408 e. The largest absolute Gasteiger partial charge is 0.444 e. The molecule has 0 aromatic rings. The lowest BCUT2D eigenvalue weighted by atomic mass is 9.90. The molecular formula is C14H26N2O3. The van der Waals surface area contributed by atoms with Crippen LogP contribution in [0.4, 0.5) is 4.79 Å². The van der Waals surface area contributed by atoms with Gasteiger partial charge in [0.2, 0.25) is 0 Å². The van der Waals surface area contributed by atoms with E-state index in [1.165, 1.54) is 0 Å². The minimum Gasteiger partial charge on any atom is -0.444 e. The summed E-state index contributed by atoms with van der Waals surface area (Å²) in [5, 5.41) is 3.01. The summed E-state index contributed by atoms with van der Waals surface area (Å²) in [6, 6.07) is 0. The molecule has 2 fully saturated rings. The van der Waals surface area contributed by atoms with Crippen molar-refractivity contribution in [3.8, 4) is 0 Å². The van der Waals surface area contributed by atoms with Crippen molar-refractivity contribution < 1.29 is 14.3 Å². The molecular weight excluding hydrogens is 244 g/mol. The monoisotopic (exact) mass is 270 g/mol. The molecule has 3 N–H and O–H groups in total. The van der Waals surface area contributed by atoms with E-state index >= 15 is 0 Å². The molecule has 110 valence electrons. The third-order valence-electron chi connectivity index (χ3n) is 3.86. The third kappa shape index (κ3) is 4.35. The summed E-state index contributed by atoms with van der Waals surface area (Å²) in [5.41, 5.74) is 5.37. The molecule has 0 radical (unpaired) electrons. The standard InChI is InChI=1S/C14H26N2O3/c1-12(2,3)19-11(17)16-14(8-9-18-10-14)7-6-13(15)4-5-13/h4-10,15H2,1-3H3,(H,16,17). The highest BCUT2D eigenvalue weighted by molar-refractivity contribution is 5.68. The minimum atomic E-state index is -0.476. The molecule has 1 amide bonds. The van der Waals surface area contributed by atoms with Gasteiger partial charge in [-0.2, -0.15) is 0 Å². The van der Waals surface area contributed by atoms with E-state index in [1.807, 2.05) is 20.8 Å². The predicted octanol–water partition coefficient (Wildman–Crippen LogP) is 1.94. The summed E-state index contributed by atoms with van der Waals surface area (Å²) < 4.78 is 10.8. The molecule has 19 heavy (non-hydrogen) atoms. The molecule has 1 atom stereocenters. The molecule has 1 heterocycles. The number of alkyl carbamates (subject to hydrolysis) is 1. The number of rotatable bonds is 4. The zero-order valence-corrected chi connectivity index (χ0v) is 12.3. The van der Waals surface area contributed by atoms with Gasteiger partial charge in [0.15, 0.2) is 0 Å². The molecule has 0 aromatic carbocycles. The second-order valence-electron chi connectivity index (χ2n) is 7.07. The van der Waals surface area contributed by atoms with Crippen molar-refractivity contribution in [1.29, 1.82) is 0 Å². The topological polar surface area (TPSA) is 73.6 Å². The zero-order valence-electron chi connectivity index (χ0n) is 12.3. The predicted molar refractivity (Wildman–Crippen MR) is 72.9 cm³/mol. The number of ether oxygens (including phenoxy) is 2. The number of nitrogens with two attached hydrogens (primary N) is 1. The SMILES string of the molecule is CC(C)(C)OC(=O)NC1(CCC2(N)CC2)CCOC1. The second kappa shape index (κ2) is 4.94. The van der Waals surface area contributed by atoms with E-state index in [0.29, 0.717) is 13.2 Å². The molecule has 0 aromatic heterocycles. The van der Waals surface area contributed by atoms with Crippen LogP contribution in [0.1, 0.15) is 52.9 Å². The van der Waals surface area contributed by atoms with Crippen LogP contribution >= 0.6 is 0 Å². The normalized spacial score (nSPS) is 29.1. The van der Waals surface area contributed by atoms with Crippen molar-refractivity contribution in [2.24, 2.45) is 5.73 Å². The second-order valence-corrected chi connectivity index (χ2v) is 7.07. The number of hydrogen-bond donors (Lipinski definition) is 2. The quantitative estimate of drug-likeness (QED) is 0.818. The van der Waals surface area contributed by atoms with E-state index in [-0.39, 0.29) is 17.2 Å². The van der Waals surface area contributed by atoms with Crippen LogP contribution in [-0.2, 0) is 9.47 Å². The molecule has 1 aliphatic carbocycles. The van der Waals surface area contributed by atoms with Gasteiger partial charge in [0.25, 0.3) is 0 Å². The molecule has 2 rings (SSSR count). The van der Waals surface area contributed by atoms with Crippen LogP contribution in [0.25, 0.3) is 0 Å². The Labute approximate surface area is 115 Å². The van der Waals surface area contributed by atoms with Gasteiger partial charge in [-0.1, -0.05) is 0 Å². The number of nitrogens with one attached hydrogen (secondary N) is 1. The fourth-order valence-electron chi connectivity index (χ4n) is 2.38. The van der Waals surface area contributed by atoms with E-state index in [1.54, 1.807) is 0 Å². The van der Waals surface area contributed by atoms with Gasteiger partial charge in [-0.05, 0) is 52.9 Å². The van der Waals surface area contributed by atoms with Crippen molar-refractivity contribution in [3.05, 3.63) is 0 Å². The Bertz CT molecular complexity index is 339. The molecule has 0 spiro atoms. The molecule has 5 heteroatoms. The third-order valence-corrected chi connectivity index (χ3v) is 3.86. The van der Waals surface area contributed by atoms with Gasteiger partial charge in [0, 0.05) is 12.1 Å². The Kier molecular flexibility index (Phi) is 3.80. The molecule has 1 aliphatic heterocycles. The zero-order chi connectivity index (χ0) is 14.1. The number of amides is 1. The molecule has 1 saturated heterocycles. The Morgan fingerprint density at radius 2 is 2.00 bits per heavy atom. The minimum absolute atomic E-state index is 0.00516.